The second-order valence-electron chi connectivity index (χ2n) is 13.5. The highest BCUT2D eigenvalue weighted by atomic mass is 16.3. The molecule has 0 saturated carbocycles. The molecular weight excluding hydrogens is 626 g/mol. The Morgan fingerprint density at radius 2 is 1.74 bits per heavy atom. The summed E-state index contributed by atoms with van der Waals surface area (Å²) in [6.07, 6.45) is 5.31. The summed E-state index contributed by atoms with van der Waals surface area (Å²) in [5, 5.41) is 10.1. The Bertz CT molecular complexity index is 2220. The number of carbonyl (C=O) groups is 2. The Morgan fingerprint density at radius 3 is 2.52 bits per heavy atom. The lowest BCUT2D eigenvalue weighted by atomic mass is 9.79. The van der Waals surface area contributed by atoms with E-state index in [0.717, 1.165) is 72.6 Å². The monoisotopic (exact) mass is 663 g/mol. The highest BCUT2D eigenvalue weighted by Gasteiger charge is 2.42. The molecule has 1 unspecified atom stereocenters. The van der Waals surface area contributed by atoms with Gasteiger partial charge in [-0.3, -0.25) is 19.1 Å². The quantitative estimate of drug-likeness (QED) is 0.188. The fraction of sp³-hybridized carbons (Fsp3) is 0.225. The first-order valence-corrected chi connectivity index (χ1v) is 16.9. The third kappa shape index (κ3) is 5.88. The fourth-order valence-electron chi connectivity index (χ4n) is 7.60. The summed E-state index contributed by atoms with van der Waals surface area (Å²) in [6, 6.07) is 31.0. The van der Waals surface area contributed by atoms with E-state index < -0.39 is 0 Å². The number of rotatable bonds is 7. The first-order valence-electron chi connectivity index (χ1n) is 16.9. The molecule has 2 fully saturated rings. The number of piperidine rings is 1. The van der Waals surface area contributed by atoms with Gasteiger partial charge >= 0.3 is 0 Å². The van der Waals surface area contributed by atoms with E-state index in [1.54, 1.807) is 12.3 Å². The number of aromatic nitrogens is 4. The summed E-state index contributed by atoms with van der Waals surface area (Å²) in [6.45, 7) is 4.05. The number of hydrogen-bond donors (Lipinski definition) is 2. The van der Waals surface area contributed by atoms with Gasteiger partial charge in [0.25, 0.3) is 5.91 Å². The minimum absolute atomic E-state index is 0.0367. The van der Waals surface area contributed by atoms with Crippen molar-refractivity contribution in [1.82, 2.24) is 29.3 Å². The van der Waals surface area contributed by atoms with Crippen molar-refractivity contribution in [3.63, 3.8) is 0 Å². The Kier molecular flexibility index (Phi) is 8.08. The zero-order valence-electron chi connectivity index (χ0n) is 27.6. The maximum atomic E-state index is 13.4. The number of anilines is 1. The van der Waals surface area contributed by atoms with Crippen LogP contribution in [0.2, 0.25) is 0 Å². The molecule has 1 spiro atoms. The number of aldehydes is 1. The summed E-state index contributed by atoms with van der Waals surface area (Å²) >= 11 is 0. The summed E-state index contributed by atoms with van der Waals surface area (Å²) in [5.41, 5.74) is 13.3. The van der Waals surface area contributed by atoms with Crippen molar-refractivity contribution in [1.29, 1.82) is 0 Å². The topological polar surface area (TPSA) is 130 Å². The maximum absolute atomic E-state index is 13.4. The van der Waals surface area contributed by atoms with Gasteiger partial charge in [0, 0.05) is 54.6 Å². The highest BCUT2D eigenvalue weighted by molar-refractivity contribution is 5.96. The van der Waals surface area contributed by atoms with Gasteiger partial charge in [-0.25, -0.2) is 15.0 Å². The molecule has 0 radical (unpaired) electrons. The van der Waals surface area contributed by atoms with Crippen LogP contribution in [0.5, 0.6) is 5.75 Å². The van der Waals surface area contributed by atoms with Crippen LogP contribution < -0.4 is 5.73 Å². The van der Waals surface area contributed by atoms with Crippen molar-refractivity contribution in [2.24, 2.45) is 5.41 Å². The first kappa shape index (κ1) is 31.4. The summed E-state index contributed by atoms with van der Waals surface area (Å²) < 4.78 is 2.06. The summed E-state index contributed by atoms with van der Waals surface area (Å²) in [5.74, 6) is 0.825. The van der Waals surface area contributed by atoms with Gasteiger partial charge in [-0.05, 0) is 86.0 Å². The maximum Gasteiger partial charge on any atom is 0.254 e. The average Bonchev–Trinajstić information content (AvgIpc) is 3.72. The number of hydrogen-bond acceptors (Lipinski definition) is 8. The van der Waals surface area contributed by atoms with Gasteiger partial charge in [-0.15, -0.1) is 0 Å². The van der Waals surface area contributed by atoms with E-state index in [9.17, 15) is 14.7 Å². The second-order valence-corrected chi connectivity index (χ2v) is 13.5. The number of amides is 1. The Hall–Kier alpha value is -5.87. The number of nitrogen functional groups attached to an aromatic ring is 1. The summed E-state index contributed by atoms with van der Waals surface area (Å²) in [7, 11) is 0. The molecule has 3 aromatic carbocycles. The van der Waals surface area contributed by atoms with Crippen LogP contribution in [0.25, 0.3) is 39.5 Å². The van der Waals surface area contributed by atoms with Crippen molar-refractivity contribution in [2.45, 2.75) is 25.8 Å². The van der Waals surface area contributed by atoms with Crippen LogP contribution in [-0.4, -0.2) is 72.8 Å². The first-order chi connectivity index (χ1) is 24.4. The molecule has 3 aromatic heterocycles. The van der Waals surface area contributed by atoms with Crippen LogP contribution in [0.4, 0.5) is 5.82 Å². The molecular formula is C40H37N7O3. The van der Waals surface area contributed by atoms with Gasteiger partial charge in [0.1, 0.15) is 17.1 Å². The lowest BCUT2D eigenvalue weighted by Crippen LogP contribution is -2.47. The van der Waals surface area contributed by atoms with Crippen molar-refractivity contribution < 1.29 is 14.7 Å². The lowest BCUT2D eigenvalue weighted by Gasteiger charge is -2.40. The van der Waals surface area contributed by atoms with Gasteiger partial charge in [0.05, 0.1) is 16.8 Å². The number of imidazole rings is 1. The predicted octanol–water partition coefficient (Wildman–Crippen LogP) is 6.38. The van der Waals surface area contributed by atoms with Crippen LogP contribution in [-0.2, 0) is 6.54 Å². The number of benzene rings is 3. The minimum atomic E-state index is -0.164. The number of carbonyl (C=O) groups excluding carboxylic acids is 2. The third-order valence-corrected chi connectivity index (χ3v) is 10.1. The number of pyridine rings is 2. The SMILES string of the molecule is Nc1ncccc1-c1nc2ccc(-c3ccccc3)nc2n1-c1ccc(CN2CCC3(CCCN(C(=O)c4ccc(C=O)c(O)c4)C3)C2)cc1. The number of nitrogens with two attached hydrogens (primary N) is 1. The molecule has 10 nitrogen and oxygen atoms in total. The standard InChI is InChI=1S/C40H37N7O3/c41-36-32(8-4-19-42-36)37-44-34-16-15-33(28-6-2-1-3-7-28)43-38(34)47(37)31-13-9-27(10-14-31)23-45-21-18-40(25-45)17-5-20-46(26-40)39(50)29-11-12-30(24-48)35(49)22-29/h1-4,6-16,19,22,24,49H,5,17-18,20-21,23,25-26H2,(H2,41,42). The third-order valence-electron chi connectivity index (χ3n) is 10.1. The van der Waals surface area contributed by atoms with Crippen molar-refractivity contribution in [3.8, 4) is 34.1 Å². The van der Waals surface area contributed by atoms with Crippen LogP contribution in [0.1, 0.15) is 45.5 Å². The lowest BCUT2D eigenvalue weighted by molar-refractivity contribution is 0.0526. The van der Waals surface area contributed by atoms with Crippen molar-refractivity contribution in [3.05, 3.63) is 120 Å². The Morgan fingerprint density at radius 1 is 0.900 bits per heavy atom. The van der Waals surface area contributed by atoms with E-state index >= 15 is 0 Å². The zero-order chi connectivity index (χ0) is 34.2. The van der Waals surface area contributed by atoms with Gasteiger partial charge in [-0.2, -0.15) is 0 Å². The highest BCUT2D eigenvalue weighted by Crippen LogP contribution is 2.40. The molecule has 250 valence electrons. The summed E-state index contributed by atoms with van der Waals surface area (Å²) in [4.78, 5) is 43.3. The molecule has 10 heteroatoms. The van der Waals surface area contributed by atoms with E-state index in [1.165, 1.54) is 17.7 Å². The van der Waals surface area contributed by atoms with Crippen LogP contribution in [0.3, 0.4) is 0 Å². The molecule has 3 N–H and O–H groups in total. The van der Waals surface area contributed by atoms with Gasteiger partial charge in [0.15, 0.2) is 17.8 Å². The number of likely N-dealkylation sites (tertiary alicyclic amines) is 2. The molecule has 2 aliphatic heterocycles. The second kappa shape index (κ2) is 12.9. The van der Waals surface area contributed by atoms with Crippen molar-refractivity contribution in [2.75, 3.05) is 31.9 Å². The average molecular weight is 664 g/mol. The molecule has 2 aliphatic rings. The van der Waals surface area contributed by atoms with Gasteiger partial charge in [0.2, 0.25) is 0 Å². The van der Waals surface area contributed by atoms with E-state index in [1.807, 2.05) is 47.4 Å². The van der Waals surface area contributed by atoms with E-state index in [4.69, 9.17) is 15.7 Å². The largest absolute Gasteiger partial charge is 0.507 e. The van der Waals surface area contributed by atoms with E-state index in [0.29, 0.717) is 36.6 Å². The Labute approximate surface area is 289 Å². The van der Waals surface area contributed by atoms with Gasteiger partial charge in [-0.1, -0.05) is 42.5 Å². The number of aromatic hydroxyl groups is 1. The van der Waals surface area contributed by atoms with Crippen LogP contribution in [0.15, 0.2) is 103 Å². The fourth-order valence-corrected chi connectivity index (χ4v) is 7.60. The smallest absolute Gasteiger partial charge is 0.254 e. The molecule has 6 aromatic rings. The predicted molar refractivity (Wildman–Crippen MR) is 193 cm³/mol. The number of phenols is 1. The van der Waals surface area contributed by atoms with Crippen molar-refractivity contribution >= 4 is 29.2 Å². The zero-order valence-corrected chi connectivity index (χ0v) is 27.6. The van der Waals surface area contributed by atoms with Crippen LogP contribution in [0, 0.1) is 5.41 Å². The van der Waals surface area contributed by atoms with Gasteiger partial charge < -0.3 is 15.7 Å². The van der Waals surface area contributed by atoms with E-state index in [2.05, 4.69) is 50.8 Å². The number of phenolic OH excluding ortho intramolecular Hbond substituents is 1. The Balaban J connectivity index is 1.03. The normalized spacial score (nSPS) is 17.8. The number of fused-ring (bicyclic) bond motifs is 1. The van der Waals surface area contributed by atoms with Crippen LogP contribution >= 0.6 is 0 Å². The molecule has 0 aliphatic carbocycles. The molecule has 5 heterocycles. The molecule has 1 amide bonds. The molecule has 1 atom stereocenters. The molecule has 2 saturated heterocycles. The molecule has 8 rings (SSSR count). The van der Waals surface area contributed by atoms with E-state index in [-0.39, 0.29) is 22.6 Å². The number of nitrogens with zero attached hydrogens (tertiary/aromatic N) is 6. The molecule has 50 heavy (non-hydrogen) atoms. The molecule has 0 bridgehead atoms. The minimum Gasteiger partial charge on any atom is -0.507 e.